The van der Waals surface area contributed by atoms with Crippen molar-refractivity contribution in [3.8, 4) is 0 Å². The SMILES string of the molecule is O=C(Nc1ccc(Br)c(Cl)c1)c1cccc(N2C(=O)[C@@H]3[C@H]4C=C[C@@H]([C@@H]5C[C@H]45)[C@H]3C2=O)c1. The number of benzene rings is 2. The van der Waals surface area contributed by atoms with Crippen molar-refractivity contribution < 1.29 is 14.4 Å². The van der Waals surface area contributed by atoms with E-state index in [1.54, 1.807) is 42.5 Å². The molecule has 31 heavy (non-hydrogen) atoms. The number of imide groups is 1. The van der Waals surface area contributed by atoms with Gasteiger partial charge in [-0.2, -0.15) is 0 Å². The van der Waals surface area contributed by atoms with Gasteiger partial charge in [0.15, 0.2) is 0 Å². The van der Waals surface area contributed by atoms with E-state index in [9.17, 15) is 14.4 Å². The minimum atomic E-state index is -0.334. The number of rotatable bonds is 3. The number of anilines is 2. The first-order chi connectivity index (χ1) is 14.9. The second-order valence-corrected chi connectivity index (χ2v) is 10.1. The predicted octanol–water partition coefficient (Wildman–Crippen LogP) is 4.91. The van der Waals surface area contributed by atoms with Gasteiger partial charge in [-0.1, -0.05) is 29.8 Å². The smallest absolute Gasteiger partial charge is 0.255 e. The summed E-state index contributed by atoms with van der Waals surface area (Å²) in [4.78, 5) is 40.7. The summed E-state index contributed by atoms with van der Waals surface area (Å²) < 4.78 is 0.739. The van der Waals surface area contributed by atoms with Gasteiger partial charge in [-0.05, 0) is 82.4 Å². The molecule has 0 radical (unpaired) electrons. The molecule has 6 atom stereocenters. The van der Waals surface area contributed by atoms with Crippen LogP contribution in [-0.2, 0) is 9.59 Å². The number of carbonyl (C=O) groups is 3. The van der Waals surface area contributed by atoms with Gasteiger partial charge in [0.25, 0.3) is 5.91 Å². The molecule has 7 rings (SSSR count). The lowest BCUT2D eigenvalue weighted by Crippen LogP contribution is -2.40. The fourth-order valence-corrected chi connectivity index (χ4v) is 6.20. The van der Waals surface area contributed by atoms with Crippen LogP contribution >= 0.6 is 27.5 Å². The van der Waals surface area contributed by atoms with E-state index in [0.717, 1.165) is 10.9 Å². The molecule has 1 saturated heterocycles. The van der Waals surface area contributed by atoms with Gasteiger partial charge >= 0.3 is 0 Å². The highest BCUT2D eigenvalue weighted by Gasteiger charge is 2.67. The minimum absolute atomic E-state index is 0.128. The minimum Gasteiger partial charge on any atom is -0.322 e. The Bertz CT molecular complexity index is 1160. The molecule has 2 bridgehead atoms. The largest absolute Gasteiger partial charge is 0.322 e. The highest BCUT2D eigenvalue weighted by Crippen LogP contribution is 2.65. The highest BCUT2D eigenvalue weighted by molar-refractivity contribution is 9.10. The zero-order chi connectivity index (χ0) is 21.4. The summed E-state index contributed by atoms with van der Waals surface area (Å²) in [5.41, 5.74) is 1.39. The zero-order valence-corrected chi connectivity index (χ0v) is 18.6. The van der Waals surface area contributed by atoms with Crippen molar-refractivity contribution in [3.05, 3.63) is 69.7 Å². The van der Waals surface area contributed by atoms with Crippen molar-refractivity contribution in [3.63, 3.8) is 0 Å². The van der Waals surface area contributed by atoms with Gasteiger partial charge in [-0.15, -0.1) is 0 Å². The van der Waals surface area contributed by atoms with Crippen LogP contribution in [-0.4, -0.2) is 17.7 Å². The fraction of sp³-hybridized carbons (Fsp3) is 0.292. The number of halogens is 2. The zero-order valence-electron chi connectivity index (χ0n) is 16.3. The van der Waals surface area contributed by atoms with Crippen molar-refractivity contribution >= 4 is 56.6 Å². The van der Waals surface area contributed by atoms with Gasteiger partial charge in [-0.3, -0.25) is 14.4 Å². The maximum absolute atomic E-state index is 13.3. The molecule has 1 aliphatic heterocycles. The molecule has 5 aliphatic rings. The molecule has 2 saturated carbocycles. The maximum atomic E-state index is 13.3. The number of nitrogens with zero attached hydrogens (tertiary/aromatic N) is 1. The first-order valence-corrected chi connectivity index (χ1v) is 11.5. The molecule has 0 spiro atoms. The Morgan fingerprint density at radius 1 is 1.00 bits per heavy atom. The molecule has 2 aromatic rings. The first-order valence-electron chi connectivity index (χ1n) is 10.4. The Kier molecular flexibility index (Phi) is 4.21. The molecule has 5 nitrogen and oxygen atoms in total. The molecule has 2 aromatic carbocycles. The van der Waals surface area contributed by atoms with E-state index in [-0.39, 0.29) is 41.4 Å². The summed E-state index contributed by atoms with van der Waals surface area (Å²) in [6, 6.07) is 11.8. The van der Waals surface area contributed by atoms with Crippen LogP contribution < -0.4 is 10.2 Å². The Hall–Kier alpha value is -2.44. The van der Waals surface area contributed by atoms with E-state index in [2.05, 4.69) is 33.4 Å². The molecular weight excluding hydrogens is 480 g/mol. The molecule has 0 unspecified atom stereocenters. The summed E-state index contributed by atoms with van der Waals surface area (Å²) >= 11 is 9.43. The third-order valence-corrected chi connectivity index (χ3v) is 8.44. The normalized spacial score (nSPS) is 32.1. The molecule has 1 heterocycles. The molecule has 7 heteroatoms. The lowest BCUT2D eigenvalue weighted by molar-refractivity contribution is -0.124. The van der Waals surface area contributed by atoms with Crippen LogP contribution in [0.15, 0.2) is 59.1 Å². The summed E-state index contributed by atoms with van der Waals surface area (Å²) in [5, 5.41) is 3.30. The standard InChI is InChI=1S/C24H18BrClN2O3/c25-18-7-4-12(9-19(18)26)27-22(29)11-2-1-3-13(8-11)28-23(30)20-14-5-6-15(17-10-16(14)17)21(20)24(28)31/h1-9,14-17,20-21H,10H2,(H,27,29)/t14-,15-,16-,17+,20+,21+/m0/s1. The second-order valence-electron chi connectivity index (χ2n) is 8.80. The van der Waals surface area contributed by atoms with E-state index in [4.69, 9.17) is 11.6 Å². The van der Waals surface area contributed by atoms with Gasteiger partial charge in [-0.25, -0.2) is 4.90 Å². The highest BCUT2D eigenvalue weighted by atomic mass is 79.9. The lowest BCUT2D eigenvalue weighted by Gasteiger charge is -2.37. The van der Waals surface area contributed by atoms with Crippen LogP contribution in [0.1, 0.15) is 16.8 Å². The average molecular weight is 498 g/mol. The van der Waals surface area contributed by atoms with Gasteiger partial charge in [0, 0.05) is 15.7 Å². The number of hydrogen-bond acceptors (Lipinski definition) is 3. The number of amides is 3. The molecule has 4 aliphatic carbocycles. The third-order valence-electron chi connectivity index (χ3n) is 7.21. The van der Waals surface area contributed by atoms with Gasteiger partial charge < -0.3 is 5.32 Å². The van der Waals surface area contributed by atoms with Crippen molar-refractivity contribution in [2.24, 2.45) is 35.5 Å². The van der Waals surface area contributed by atoms with E-state index in [1.165, 1.54) is 4.90 Å². The molecule has 3 amide bonds. The average Bonchev–Trinajstić information content (AvgIpc) is 3.54. The van der Waals surface area contributed by atoms with Crippen LogP contribution in [0, 0.1) is 35.5 Å². The fourth-order valence-electron chi connectivity index (χ4n) is 5.77. The number of hydrogen-bond donors (Lipinski definition) is 1. The monoisotopic (exact) mass is 496 g/mol. The van der Waals surface area contributed by atoms with Gasteiger partial charge in [0.1, 0.15) is 0 Å². The van der Waals surface area contributed by atoms with Gasteiger partial charge in [0.05, 0.1) is 22.5 Å². The van der Waals surface area contributed by atoms with Crippen LogP contribution in [0.3, 0.4) is 0 Å². The van der Waals surface area contributed by atoms with Crippen LogP contribution in [0.25, 0.3) is 0 Å². The van der Waals surface area contributed by atoms with E-state index < -0.39 is 0 Å². The number of nitrogens with one attached hydrogen (secondary N) is 1. The first kappa shape index (κ1) is 19.3. The molecule has 1 N–H and O–H groups in total. The predicted molar refractivity (Wildman–Crippen MR) is 121 cm³/mol. The van der Waals surface area contributed by atoms with Crippen LogP contribution in [0.5, 0.6) is 0 Å². The molecule has 0 aromatic heterocycles. The van der Waals surface area contributed by atoms with Crippen LogP contribution in [0.2, 0.25) is 5.02 Å². The Balaban J connectivity index is 1.28. The Morgan fingerprint density at radius 3 is 2.32 bits per heavy atom. The maximum Gasteiger partial charge on any atom is 0.255 e. The molecule has 3 fully saturated rings. The number of allylic oxidation sites excluding steroid dienone is 2. The summed E-state index contributed by atoms with van der Waals surface area (Å²) in [6.07, 6.45) is 5.44. The summed E-state index contributed by atoms with van der Waals surface area (Å²) in [5.74, 6) is 0.367. The van der Waals surface area contributed by atoms with Crippen molar-refractivity contribution in [1.82, 2.24) is 0 Å². The second kappa shape index (κ2) is 6.78. The van der Waals surface area contributed by atoms with Crippen LogP contribution in [0.4, 0.5) is 11.4 Å². The topological polar surface area (TPSA) is 66.5 Å². The third kappa shape index (κ3) is 2.84. The van der Waals surface area contributed by atoms with Crippen molar-refractivity contribution in [1.29, 1.82) is 0 Å². The Labute approximate surface area is 192 Å². The quantitative estimate of drug-likeness (QED) is 0.484. The van der Waals surface area contributed by atoms with E-state index in [0.29, 0.717) is 33.8 Å². The van der Waals surface area contributed by atoms with E-state index in [1.807, 2.05) is 0 Å². The lowest BCUT2D eigenvalue weighted by atomic mass is 9.63. The molecule has 156 valence electrons. The van der Waals surface area contributed by atoms with Crippen molar-refractivity contribution in [2.75, 3.05) is 10.2 Å². The summed E-state index contributed by atoms with van der Waals surface area (Å²) in [6.45, 7) is 0. The Morgan fingerprint density at radius 2 is 1.68 bits per heavy atom. The number of carbonyl (C=O) groups excluding carboxylic acids is 3. The summed E-state index contributed by atoms with van der Waals surface area (Å²) in [7, 11) is 0. The van der Waals surface area contributed by atoms with E-state index >= 15 is 0 Å². The van der Waals surface area contributed by atoms with Gasteiger partial charge in [0.2, 0.25) is 11.8 Å². The van der Waals surface area contributed by atoms with Crippen molar-refractivity contribution in [2.45, 2.75) is 6.42 Å². The molecular formula is C24H18BrClN2O3.